The number of ether oxygens (including phenoxy) is 1. The summed E-state index contributed by atoms with van der Waals surface area (Å²) in [4.78, 5) is 86.1. The van der Waals surface area contributed by atoms with Crippen molar-refractivity contribution >= 4 is 51.9 Å². The molecule has 0 spiro atoms. The number of piperazine rings is 2. The van der Waals surface area contributed by atoms with E-state index in [1.807, 2.05) is 29.2 Å². The zero-order valence-electron chi connectivity index (χ0n) is 35.3. The molecule has 0 bridgehead atoms. The number of hydrogen-bond acceptors (Lipinski definition) is 13. The lowest BCUT2D eigenvalue weighted by Gasteiger charge is -2.42. The lowest BCUT2D eigenvalue weighted by molar-refractivity contribution is -0.138. The molecular formula is C45H53N11O6. The van der Waals surface area contributed by atoms with Gasteiger partial charge >= 0.3 is 0 Å². The van der Waals surface area contributed by atoms with Crippen molar-refractivity contribution in [2.24, 2.45) is 5.92 Å². The van der Waals surface area contributed by atoms with Crippen LogP contribution in [-0.4, -0.2) is 159 Å². The first kappa shape index (κ1) is 40.2. The minimum absolute atomic E-state index is 0.0525. The van der Waals surface area contributed by atoms with Crippen molar-refractivity contribution < 1.29 is 28.7 Å². The molecule has 1 unspecified atom stereocenters. The third-order valence-electron chi connectivity index (χ3n) is 13.9. The van der Waals surface area contributed by atoms with Gasteiger partial charge < -0.3 is 19.4 Å². The lowest BCUT2D eigenvalue weighted by atomic mass is 9.94. The number of carbonyl (C=O) groups excluding carboxylic acids is 5. The van der Waals surface area contributed by atoms with Crippen molar-refractivity contribution in [2.45, 2.75) is 70.1 Å². The Morgan fingerprint density at radius 1 is 0.839 bits per heavy atom. The van der Waals surface area contributed by atoms with Crippen LogP contribution in [0.1, 0.15) is 73.1 Å². The molecule has 5 amide bonds. The zero-order valence-corrected chi connectivity index (χ0v) is 35.3. The van der Waals surface area contributed by atoms with Crippen molar-refractivity contribution in [2.75, 3.05) is 81.8 Å². The first-order valence-electron chi connectivity index (χ1n) is 22.1. The van der Waals surface area contributed by atoms with Gasteiger partial charge in [-0.25, -0.2) is 9.97 Å². The third kappa shape index (κ3) is 7.76. The molecule has 4 aromatic rings. The summed E-state index contributed by atoms with van der Waals surface area (Å²) in [5.74, 6) is -0.130. The molecule has 62 heavy (non-hydrogen) atoms. The van der Waals surface area contributed by atoms with Gasteiger partial charge in [0.05, 0.1) is 22.3 Å². The van der Waals surface area contributed by atoms with Crippen LogP contribution in [0.25, 0.3) is 22.3 Å². The smallest absolute Gasteiger partial charge is 0.262 e. The largest absolute Gasteiger partial charge is 0.488 e. The molecule has 6 aliphatic rings. The van der Waals surface area contributed by atoms with E-state index in [1.54, 1.807) is 18.5 Å². The van der Waals surface area contributed by atoms with Gasteiger partial charge in [0.25, 0.3) is 11.8 Å². The predicted molar refractivity (Wildman–Crippen MR) is 230 cm³/mol. The number of anilines is 2. The van der Waals surface area contributed by atoms with Gasteiger partial charge in [0.2, 0.25) is 17.7 Å². The van der Waals surface area contributed by atoms with E-state index in [-0.39, 0.29) is 41.4 Å². The van der Waals surface area contributed by atoms with E-state index < -0.39 is 29.7 Å². The maximum absolute atomic E-state index is 13.7. The summed E-state index contributed by atoms with van der Waals surface area (Å²) in [6.07, 6.45) is 5.40. The SMILES string of the molecule is C[C@H]1CN(c2cc(-c3n[nH]c4ccc(OC5(C)CC5)cc34)ncn2)CCN1CCN1CCN(C(=O)C2CCN(c3ccc4c(c3)C(=O)N(C3CCC(=O)NC3=O)C4=O)CC2)CC1. The molecule has 1 saturated carbocycles. The van der Waals surface area contributed by atoms with E-state index in [9.17, 15) is 24.0 Å². The highest BCUT2D eigenvalue weighted by Gasteiger charge is 2.45. The van der Waals surface area contributed by atoms with Crippen molar-refractivity contribution in [3.8, 4) is 17.1 Å². The van der Waals surface area contributed by atoms with E-state index in [0.29, 0.717) is 32.0 Å². The second-order valence-corrected chi connectivity index (χ2v) is 18.0. The van der Waals surface area contributed by atoms with Crippen LogP contribution in [0.4, 0.5) is 11.5 Å². The van der Waals surface area contributed by atoms with Gasteiger partial charge in [-0.05, 0) is 82.3 Å². The van der Waals surface area contributed by atoms with Crippen LogP contribution in [0, 0.1) is 5.92 Å². The van der Waals surface area contributed by atoms with Gasteiger partial charge in [0, 0.05) is 108 Å². The fraction of sp³-hybridized carbons (Fsp3) is 0.511. The number of benzene rings is 2. The Balaban J connectivity index is 0.672. The van der Waals surface area contributed by atoms with Crippen LogP contribution in [0.15, 0.2) is 48.8 Å². The molecule has 5 fully saturated rings. The quantitative estimate of drug-likeness (QED) is 0.223. The van der Waals surface area contributed by atoms with Crippen LogP contribution in [-0.2, 0) is 14.4 Å². The number of H-pyrrole nitrogens is 1. The number of aromatic nitrogens is 4. The number of fused-ring (bicyclic) bond motifs is 2. The molecule has 17 nitrogen and oxygen atoms in total. The molecule has 2 atom stereocenters. The molecule has 4 saturated heterocycles. The molecule has 2 N–H and O–H groups in total. The molecule has 5 aliphatic heterocycles. The number of nitrogens with one attached hydrogen (secondary N) is 2. The normalized spacial score (nSPS) is 23.6. The zero-order chi connectivity index (χ0) is 42.7. The minimum atomic E-state index is -0.994. The second kappa shape index (κ2) is 16.1. The van der Waals surface area contributed by atoms with E-state index >= 15 is 0 Å². The predicted octanol–water partition coefficient (Wildman–Crippen LogP) is 2.92. The van der Waals surface area contributed by atoms with Crippen LogP contribution >= 0.6 is 0 Å². The third-order valence-corrected chi connectivity index (χ3v) is 13.9. The summed E-state index contributed by atoms with van der Waals surface area (Å²) >= 11 is 0. The maximum atomic E-state index is 13.7. The topological polar surface area (TPSA) is 181 Å². The van der Waals surface area contributed by atoms with Crippen molar-refractivity contribution in [1.82, 2.24) is 45.1 Å². The highest BCUT2D eigenvalue weighted by Crippen LogP contribution is 2.41. The van der Waals surface area contributed by atoms with Crippen molar-refractivity contribution in [1.29, 1.82) is 0 Å². The van der Waals surface area contributed by atoms with Gasteiger partial charge in [0.15, 0.2) is 0 Å². The Kier molecular flexibility index (Phi) is 10.4. The first-order chi connectivity index (χ1) is 30.0. The van der Waals surface area contributed by atoms with Crippen molar-refractivity contribution in [3.05, 3.63) is 59.9 Å². The van der Waals surface area contributed by atoms with Crippen LogP contribution in [0.2, 0.25) is 0 Å². The monoisotopic (exact) mass is 843 g/mol. The van der Waals surface area contributed by atoms with E-state index in [2.05, 4.69) is 65.0 Å². The van der Waals surface area contributed by atoms with Crippen LogP contribution < -0.4 is 19.9 Å². The van der Waals surface area contributed by atoms with Crippen LogP contribution in [0.5, 0.6) is 5.75 Å². The van der Waals surface area contributed by atoms with Gasteiger partial charge in [-0.1, -0.05) is 0 Å². The summed E-state index contributed by atoms with van der Waals surface area (Å²) in [7, 11) is 0. The fourth-order valence-corrected chi connectivity index (χ4v) is 9.76. The number of rotatable bonds is 10. The Bertz CT molecular complexity index is 2440. The van der Waals surface area contributed by atoms with Gasteiger partial charge in [0.1, 0.15) is 35.2 Å². The van der Waals surface area contributed by atoms with Crippen LogP contribution in [0.3, 0.4) is 0 Å². The van der Waals surface area contributed by atoms with Gasteiger partial charge in [-0.15, -0.1) is 0 Å². The summed E-state index contributed by atoms with van der Waals surface area (Å²) in [5.41, 5.74) is 3.81. The number of amides is 5. The molecule has 10 rings (SSSR count). The Labute approximate surface area is 359 Å². The number of hydrogen-bond donors (Lipinski definition) is 2. The number of aromatic amines is 1. The minimum Gasteiger partial charge on any atom is -0.488 e. The van der Waals surface area contributed by atoms with Crippen molar-refractivity contribution in [3.63, 3.8) is 0 Å². The number of carbonyl (C=O) groups is 5. The summed E-state index contributed by atoms with van der Waals surface area (Å²) in [6.45, 7) is 13.5. The standard InChI is InChI=1S/C45H53N11O6/c1-28-26-55(38-25-36(46-27-47-38)40-34-24-31(62-45(2)11-12-45)4-6-35(34)49-50-40)22-21-52(28)18-15-51-16-19-54(20-17-51)42(59)29-9-13-53(14-10-29)30-3-5-32-33(23-30)44(61)56(43(32)60)37-7-8-39(57)48-41(37)58/h3-6,23-25,27-29,37H,7-22,26H2,1-2H3,(H,49,50)(H,48,57,58)/t28-,37?/m0/s1. The fourth-order valence-electron chi connectivity index (χ4n) is 9.76. The molecule has 0 radical (unpaired) electrons. The number of imide groups is 2. The molecule has 2 aromatic heterocycles. The molecule has 17 heteroatoms. The Morgan fingerprint density at radius 2 is 1.63 bits per heavy atom. The Morgan fingerprint density at radius 3 is 2.39 bits per heavy atom. The van der Waals surface area contributed by atoms with E-state index in [1.165, 1.54) is 0 Å². The maximum Gasteiger partial charge on any atom is 0.262 e. The molecule has 1 aliphatic carbocycles. The summed E-state index contributed by atoms with van der Waals surface area (Å²) < 4.78 is 6.23. The first-order valence-corrected chi connectivity index (χ1v) is 22.1. The van der Waals surface area contributed by atoms with E-state index in [0.717, 1.165) is 116 Å². The van der Waals surface area contributed by atoms with Gasteiger partial charge in [-0.3, -0.25) is 49.1 Å². The summed E-state index contributed by atoms with van der Waals surface area (Å²) in [6, 6.07) is 12.7. The summed E-state index contributed by atoms with van der Waals surface area (Å²) in [5, 5.41) is 11.0. The van der Waals surface area contributed by atoms with E-state index in [4.69, 9.17) is 4.74 Å². The highest BCUT2D eigenvalue weighted by molar-refractivity contribution is 6.23. The average molecular weight is 844 g/mol. The number of piperidine rings is 2. The molecule has 324 valence electrons. The second-order valence-electron chi connectivity index (χ2n) is 18.0. The van der Waals surface area contributed by atoms with Gasteiger partial charge in [-0.2, -0.15) is 5.10 Å². The Hall–Kier alpha value is -5.94. The lowest BCUT2D eigenvalue weighted by Crippen LogP contribution is -2.56. The molecular weight excluding hydrogens is 791 g/mol. The number of nitrogens with zero attached hydrogens (tertiary/aromatic N) is 9. The highest BCUT2D eigenvalue weighted by atomic mass is 16.5. The molecule has 7 heterocycles. The molecule has 2 aromatic carbocycles. The average Bonchev–Trinajstić information content (AvgIpc) is 3.77.